The number of aliphatic hydroxyl groups is 1. The predicted octanol–water partition coefficient (Wildman–Crippen LogP) is 0.438. The Morgan fingerprint density at radius 2 is 2.14 bits per heavy atom. The number of hydrogen-bond acceptors (Lipinski definition) is 5. The van der Waals surface area contributed by atoms with Gasteiger partial charge in [-0.25, -0.2) is 4.79 Å². The molecule has 0 unspecified atom stereocenters. The molecule has 0 aromatic rings. The van der Waals surface area contributed by atoms with Crippen LogP contribution in [0, 0.1) is 5.41 Å². The smallest absolute Gasteiger partial charge is 0.450 e. The van der Waals surface area contributed by atoms with E-state index in [2.05, 4.69) is 4.74 Å². The van der Waals surface area contributed by atoms with Crippen LogP contribution in [0.1, 0.15) is 19.3 Å². The fourth-order valence-electron chi connectivity index (χ4n) is 0.444. The van der Waals surface area contributed by atoms with Crippen molar-refractivity contribution in [3.05, 3.63) is 0 Å². The van der Waals surface area contributed by atoms with Crippen LogP contribution in [0.3, 0.4) is 0 Å². The summed E-state index contributed by atoms with van der Waals surface area (Å²) >= 11 is 0. The van der Waals surface area contributed by atoms with Crippen molar-refractivity contribution in [1.29, 1.82) is 5.41 Å². The van der Waals surface area contributed by atoms with Gasteiger partial charge in [-0.05, 0) is 25.6 Å². The molecule has 0 spiro atoms. The standard InChI is InChI=1S/C4H10N2.C4H8O4/c5-3-1-2-4-6;5-2-1-3-8-4(6)7/h3,5H,1-2,4,6H2;5H,1-3H2,(H,6,7). The highest BCUT2D eigenvalue weighted by Crippen LogP contribution is 1.79. The minimum absolute atomic E-state index is 0.0344. The number of ether oxygens (including phenoxy) is 1. The van der Waals surface area contributed by atoms with Crippen molar-refractivity contribution in [1.82, 2.24) is 0 Å². The lowest BCUT2D eigenvalue weighted by molar-refractivity contribution is 0.0855. The molecule has 0 rings (SSSR count). The maximum Gasteiger partial charge on any atom is 0.505 e. The molecule has 0 saturated heterocycles. The molecule has 14 heavy (non-hydrogen) atoms. The lowest BCUT2D eigenvalue weighted by Gasteiger charge is -1.94. The Bertz CT molecular complexity index is 141. The molecule has 84 valence electrons. The molecule has 0 fully saturated rings. The third-order valence-electron chi connectivity index (χ3n) is 1.08. The highest BCUT2D eigenvalue weighted by atomic mass is 16.7. The first kappa shape index (κ1) is 15.3. The lowest BCUT2D eigenvalue weighted by atomic mass is 10.3. The number of hydrogen-bond donors (Lipinski definition) is 4. The number of carbonyl (C=O) groups is 1. The van der Waals surface area contributed by atoms with Gasteiger partial charge in [-0.1, -0.05) is 0 Å². The van der Waals surface area contributed by atoms with Crippen molar-refractivity contribution in [2.24, 2.45) is 5.73 Å². The van der Waals surface area contributed by atoms with Crippen molar-refractivity contribution < 1.29 is 19.7 Å². The van der Waals surface area contributed by atoms with Crippen LogP contribution in [-0.2, 0) is 4.74 Å². The largest absolute Gasteiger partial charge is 0.505 e. The van der Waals surface area contributed by atoms with Gasteiger partial charge in [-0.15, -0.1) is 0 Å². The third-order valence-corrected chi connectivity index (χ3v) is 1.08. The summed E-state index contributed by atoms with van der Waals surface area (Å²) in [4.78, 5) is 9.57. The zero-order chi connectivity index (χ0) is 11.2. The molecule has 5 N–H and O–H groups in total. The van der Waals surface area contributed by atoms with Crippen molar-refractivity contribution in [3.63, 3.8) is 0 Å². The summed E-state index contributed by atoms with van der Waals surface area (Å²) in [6.45, 7) is 0.745. The summed E-state index contributed by atoms with van der Waals surface area (Å²) in [5.41, 5.74) is 5.11. The highest BCUT2D eigenvalue weighted by Gasteiger charge is 1.92. The van der Waals surface area contributed by atoms with Crippen LogP contribution in [0.25, 0.3) is 0 Å². The Morgan fingerprint density at radius 3 is 2.43 bits per heavy atom. The number of carboxylic acid groups (broad SMARTS) is 1. The van der Waals surface area contributed by atoms with Crippen molar-refractivity contribution in [2.75, 3.05) is 19.8 Å². The fourth-order valence-corrected chi connectivity index (χ4v) is 0.444. The molecule has 0 aromatic carbocycles. The predicted molar refractivity (Wildman–Crippen MR) is 52.8 cm³/mol. The summed E-state index contributed by atoms with van der Waals surface area (Å²) in [6, 6.07) is 0. The van der Waals surface area contributed by atoms with Gasteiger partial charge in [0.25, 0.3) is 0 Å². The minimum Gasteiger partial charge on any atom is -0.450 e. The number of nitrogens with two attached hydrogens (primary N) is 1. The molecular formula is C8H18N2O4. The molecule has 0 saturated carbocycles. The third kappa shape index (κ3) is 22.4. The molecule has 0 aliphatic heterocycles. The van der Waals surface area contributed by atoms with Gasteiger partial charge >= 0.3 is 6.16 Å². The molecule has 0 atom stereocenters. The zero-order valence-corrected chi connectivity index (χ0v) is 8.11. The van der Waals surface area contributed by atoms with Gasteiger partial charge in [0, 0.05) is 13.0 Å². The van der Waals surface area contributed by atoms with Gasteiger partial charge < -0.3 is 26.1 Å². The molecule has 0 heterocycles. The van der Waals surface area contributed by atoms with Gasteiger partial charge in [0.05, 0.1) is 6.61 Å². The molecule has 6 nitrogen and oxygen atoms in total. The van der Waals surface area contributed by atoms with Crippen molar-refractivity contribution in [3.8, 4) is 0 Å². The molecule has 0 radical (unpaired) electrons. The number of rotatable bonds is 6. The SMILES string of the molecule is N=CCCCN.O=C(O)OCCCO. The summed E-state index contributed by atoms with van der Waals surface area (Å²) in [7, 11) is 0. The van der Waals surface area contributed by atoms with Crippen LogP contribution in [0.15, 0.2) is 0 Å². The fraction of sp³-hybridized carbons (Fsp3) is 0.750. The quantitative estimate of drug-likeness (QED) is 0.286. The summed E-state index contributed by atoms with van der Waals surface area (Å²) in [5, 5.41) is 22.5. The average molecular weight is 206 g/mol. The molecule has 6 heteroatoms. The van der Waals surface area contributed by atoms with E-state index in [0.29, 0.717) is 13.0 Å². The maximum atomic E-state index is 9.57. The second-order valence-electron chi connectivity index (χ2n) is 2.33. The monoisotopic (exact) mass is 206 g/mol. The first-order valence-electron chi connectivity index (χ1n) is 4.34. The van der Waals surface area contributed by atoms with E-state index in [0.717, 1.165) is 12.8 Å². The van der Waals surface area contributed by atoms with Crippen LogP contribution in [0.5, 0.6) is 0 Å². The van der Waals surface area contributed by atoms with Gasteiger partial charge in [-0.2, -0.15) is 0 Å². The van der Waals surface area contributed by atoms with E-state index < -0.39 is 6.16 Å². The Balaban J connectivity index is 0. The van der Waals surface area contributed by atoms with E-state index in [1.54, 1.807) is 0 Å². The van der Waals surface area contributed by atoms with Crippen LogP contribution < -0.4 is 5.73 Å². The van der Waals surface area contributed by atoms with Crippen LogP contribution in [0.4, 0.5) is 4.79 Å². The van der Waals surface area contributed by atoms with E-state index >= 15 is 0 Å². The Hall–Kier alpha value is -1.14. The zero-order valence-electron chi connectivity index (χ0n) is 8.11. The number of aliphatic hydroxyl groups excluding tert-OH is 1. The van der Waals surface area contributed by atoms with Crippen molar-refractivity contribution >= 4 is 12.4 Å². The molecule has 0 aliphatic rings. The molecular weight excluding hydrogens is 188 g/mol. The average Bonchev–Trinajstić information content (AvgIpc) is 2.16. The van der Waals surface area contributed by atoms with E-state index in [1.807, 2.05) is 0 Å². The lowest BCUT2D eigenvalue weighted by Crippen LogP contribution is -2.02. The summed E-state index contributed by atoms with van der Waals surface area (Å²) in [6.07, 6.45) is 2.23. The van der Waals surface area contributed by atoms with Crippen molar-refractivity contribution in [2.45, 2.75) is 19.3 Å². The van der Waals surface area contributed by atoms with Crippen LogP contribution >= 0.6 is 0 Å². The van der Waals surface area contributed by atoms with Gasteiger partial charge in [0.15, 0.2) is 0 Å². The maximum absolute atomic E-state index is 9.57. The second-order valence-corrected chi connectivity index (χ2v) is 2.33. The first-order chi connectivity index (χ1) is 6.68. The molecule has 0 bridgehead atoms. The van der Waals surface area contributed by atoms with Gasteiger partial charge in [0.2, 0.25) is 0 Å². The highest BCUT2D eigenvalue weighted by molar-refractivity contribution is 5.56. The topological polar surface area (TPSA) is 117 Å². The normalized spacial score (nSPS) is 8.43. The molecule has 0 aromatic heterocycles. The Morgan fingerprint density at radius 1 is 1.50 bits per heavy atom. The van der Waals surface area contributed by atoms with Crippen LogP contribution in [-0.4, -0.2) is 42.3 Å². The van der Waals surface area contributed by atoms with E-state index in [1.165, 1.54) is 6.21 Å². The summed E-state index contributed by atoms with van der Waals surface area (Å²) < 4.78 is 4.04. The number of nitrogens with one attached hydrogen (secondary N) is 1. The van der Waals surface area contributed by atoms with E-state index in [9.17, 15) is 4.79 Å². The number of unbranched alkanes of at least 4 members (excludes halogenated alkanes) is 1. The Kier molecular flexibility index (Phi) is 15.8. The van der Waals surface area contributed by atoms with Gasteiger partial charge in [-0.3, -0.25) is 0 Å². The Labute approximate surface area is 83.2 Å². The van der Waals surface area contributed by atoms with E-state index in [4.69, 9.17) is 21.4 Å². The molecule has 0 amide bonds. The van der Waals surface area contributed by atoms with Crippen LogP contribution in [0.2, 0.25) is 0 Å². The minimum atomic E-state index is -1.29. The first-order valence-corrected chi connectivity index (χ1v) is 4.34. The van der Waals surface area contributed by atoms with Gasteiger partial charge in [0.1, 0.15) is 0 Å². The second kappa shape index (κ2) is 14.4. The molecule has 0 aliphatic carbocycles. The summed E-state index contributed by atoms with van der Waals surface area (Å²) in [5.74, 6) is 0. The van der Waals surface area contributed by atoms with E-state index in [-0.39, 0.29) is 13.2 Å².